The van der Waals surface area contributed by atoms with Crippen molar-refractivity contribution in [1.29, 1.82) is 0 Å². The zero-order valence-corrected chi connectivity index (χ0v) is 20.9. The van der Waals surface area contributed by atoms with Crippen molar-refractivity contribution in [2.45, 2.75) is 38.6 Å². The fraction of sp³-hybridized carbons (Fsp3) is 0.308. The summed E-state index contributed by atoms with van der Waals surface area (Å²) in [4.78, 5) is 51.1. The average molecular weight is 532 g/mol. The molecule has 0 spiro atoms. The number of Topliss-reactive ketones (excluding diaryl/α,β-unsaturated/α-hetero) is 1. The fourth-order valence-electron chi connectivity index (χ4n) is 4.51. The van der Waals surface area contributed by atoms with Gasteiger partial charge in [0.25, 0.3) is 0 Å². The zero-order valence-electron chi connectivity index (χ0n) is 20.1. The van der Waals surface area contributed by atoms with Gasteiger partial charge in [0.2, 0.25) is 11.8 Å². The van der Waals surface area contributed by atoms with Crippen LogP contribution < -0.4 is 5.32 Å². The molecule has 2 amide bonds. The molecule has 2 heterocycles. The smallest absolute Gasteiger partial charge is 0.337 e. The highest BCUT2D eigenvalue weighted by atomic mass is 35.5. The highest BCUT2D eigenvalue weighted by molar-refractivity contribution is 6.31. The maximum absolute atomic E-state index is 14.5. The molecule has 2 atom stereocenters. The molecule has 1 aliphatic heterocycles. The van der Waals surface area contributed by atoms with Crippen LogP contribution in [0.5, 0.6) is 0 Å². The van der Waals surface area contributed by atoms with E-state index in [1.807, 2.05) is 0 Å². The lowest BCUT2D eigenvalue weighted by molar-refractivity contribution is -0.139. The Labute approximate surface area is 216 Å². The Morgan fingerprint density at radius 3 is 2.62 bits per heavy atom. The van der Waals surface area contributed by atoms with Gasteiger partial charge in [-0.15, -0.1) is 0 Å². The van der Waals surface area contributed by atoms with E-state index in [0.717, 1.165) is 18.1 Å². The Morgan fingerprint density at radius 2 is 1.92 bits per heavy atom. The number of likely N-dealkylation sites (tertiary alicyclic amines) is 1. The summed E-state index contributed by atoms with van der Waals surface area (Å²) in [5, 5.41) is 2.88. The summed E-state index contributed by atoms with van der Waals surface area (Å²) < 4.78 is 35.1. The molecule has 0 radical (unpaired) electrons. The molecule has 1 saturated heterocycles. The Kier molecular flexibility index (Phi) is 7.58. The molecule has 0 unspecified atom stereocenters. The first-order chi connectivity index (χ1) is 17.6. The second kappa shape index (κ2) is 10.7. The van der Waals surface area contributed by atoms with Gasteiger partial charge in [-0.1, -0.05) is 29.8 Å². The zero-order chi connectivity index (χ0) is 26.9. The SMILES string of the molecule is COC(=O)c1cc(Cl)c(F)c(CNC(=O)[C@@H]2C[C@H](F)CN2C(=O)Cn2cc(C(C)=O)c3ccccc32)c1. The second-order valence-electron chi connectivity index (χ2n) is 8.78. The molecule has 0 saturated carbocycles. The monoisotopic (exact) mass is 531 g/mol. The van der Waals surface area contributed by atoms with E-state index in [1.54, 1.807) is 35.0 Å². The van der Waals surface area contributed by atoms with E-state index in [1.165, 1.54) is 13.0 Å². The summed E-state index contributed by atoms with van der Waals surface area (Å²) in [6.07, 6.45) is -0.0551. The number of ketones is 1. The number of ether oxygens (including phenoxy) is 1. The molecular weight excluding hydrogens is 508 g/mol. The van der Waals surface area contributed by atoms with Gasteiger partial charge in [-0.05, 0) is 25.1 Å². The van der Waals surface area contributed by atoms with Crippen LogP contribution in [-0.4, -0.2) is 58.9 Å². The van der Waals surface area contributed by atoms with Crippen molar-refractivity contribution >= 4 is 46.1 Å². The van der Waals surface area contributed by atoms with Gasteiger partial charge in [0.15, 0.2) is 5.78 Å². The lowest BCUT2D eigenvalue weighted by Gasteiger charge is -2.24. The largest absolute Gasteiger partial charge is 0.465 e. The number of esters is 1. The molecule has 0 bridgehead atoms. The van der Waals surface area contributed by atoms with Crippen molar-refractivity contribution in [2.75, 3.05) is 13.7 Å². The van der Waals surface area contributed by atoms with E-state index in [-0.39, 0.29) is 48.0 Å². The third-order valence-electron chi connectivity index (χ3n) is 6.32. The van der Waals surface area contributed by atoms with E-state index in [2.05, 4.69) is 10.1 Å². The minimum absolute atomic E-state index is 0.00326. The average Bonchev–Trinajstić information content (AvgIpc) is 3.45. The number of para-hydroxylation sites is 1. The number of nitrogens with zero attached hydrogens (tertiary/aromatic N) is 2. The van der Waals surface area contributed by atoms with Gasteiger partial charge in [0.1, 0.15) is 24.6 Å². The number of benzene rings is 2. The molecule has 2 aromatic carbocycles. The van der Waals surface area contributed by atoms with Crippen LogP contribution in [0, 0.1) is 5.82 Å². The topological polar surface area (TPSA) is 97.7 Å². The van der Waals surface area contributed by atoms with E-state index in [0.29, 0.717) is 16.5 Å². The van der Waals surface area contributed by atoms with Crippen LogP contribution in [0.25, 0.3) is 10.9 Å². The van der Waals surface area contributed by atoms with Crippen molar-refractivity contribution in [1.82, 2.24) is 14.8 Å². The van der Waals surface area contributed by atoms with Crippen LogP contribution in [-0.2, 0) is 27.4 Å². The van der Waals surface area contributed by atoms with E-state index in [4.69, 9.17) is 11.6 Å². The lowest BCUT2D eigenvalue weighted by Crippen LogP contribution is -2.46. The number of amides is 2. The first-order valence-electron chi connectivity index (χ1n) is 11.5. The second-order valence-corrected chi connectivity index (χ2v) is 9.19. The maximum atomic E-state index is 14.5. The van der Waals surface area contributed by atoms with Crippen molar-refractivity contribution in [3.8, 4) is 0 Å². The van der Waals surface area contributed by atoms with Crippen LogP contribution in [0.4, 0.5) is 8.78 Å². The number of alkyl halides is 1. The molecule has 4 rings (SSSR count). The number of hydrogen-bond donors (Lipinski definition) is 1. The number of hydrogen-bond acceptors (Lipinski definition) is 5. The highest BCUT2D eigenvalue weighted by Crippen LogP contribution is 2.26. The summed E-state index contributed by atoms with van der Waals surface area (Å²) in [6, 6.07) is 8.30. The third kappa shape index (κ3) is 5.34. The van der Waals surface area contributed by atoms with Crippen LogP contribution in [0.1, 0.15) is 39.6 Å². The number of carbonyl (C=O) groups is 4. The molecule has 11 heteroatoms. The summed E-state index contributed by atoms with van der Waals surface area (Å²) in [5.74, 6) is -2.88. The van der Waals surface area contributed by atoms with Crippen LogP contribution in [0.3, 0.4) is 0 Å². The standard InChI is InChI=1S/C26H24ClF2N3O5/c1-14(33)19-12-31(21-6-4-3-5-18(19)21)13-23(34)32-11-17(28)9-22(32)25(35)30-10-16-7-15(26(36)37-2)8-20(27)24(16)29/h3-8,12,17,22H,9-11,13H2,1-2H3,(H,30,35)/t17-,22-/m0/s1. The number of carbonyl (C=O) groups excluding carboxylic acids is 4. The molecule has 1 N–H and O–H groups in total. The predicted molar refractivity (Wildman–Crippen MR) is 132 cm³/mol. The van der Waals surface area contributed by atoms with Gasteiger partial charge in [0, 0.05) is 41.2 Å². The fourth-order valence-corrected chi connectivity index (χ4v) is 4.75. The Morgan fingerprint density at radius 1 is 1.19 bits per heavy atom. The molecule has 3 aromatic rings. The molecule has 8 nitrogen and oxygen atoms in total. The molecule has 1 aliphatic rings. The Balaban J connectivity index is 1.50. The first kappa shape index (κ1) is 26.3. The minimum Gasteiger partial charge on any atom is -0.465 e. The summed E-state index contributed by atoms with van der Waals surface area (Å²) in [6.45, 7) is 0.623. The predicted octanol–water partition coefficient (Wildman–Crippen LogP) is 3.68. The molecule has 1 fully saturated rings. The number of methoxy groups -OCH3 is 1. The molecule has 194 valence electrons. The van der Waals surface area contributed by atoms with Gasteiger partial charge in [-0.2, -0.15) is 0 Å². The number of fused-ring (bicyclic) bond motifs is 1. The minimum atomic E-state index is -1.41. The molecular formula is C26H24ClF2N3O5. The van der Waals surface area contributed by atoms with Crippen LogP contribution in [0.2, 0.25) is 5.02 Å². The van der Waals surface area contributed by atoms with Gasteiger partial charge in [0.05, 0.1) is 24.2 Å². The molecule has 37 heavy (non-hydrogen) atoms. The van der Waals surface area contributed by atoms with E-state index in [9.17, 15) is 28.0 Å². The van der Waals surface area contributed by atoms with Gasteiger partial charge >= 0.3 is 5.97 Å². The maximum Gasteiger partial charge on any atom is 0.337 e. The van der Waals surface area contributed by atoms with E-state index >= 15 is 0 Å². The summed E-state index contributed by atoms with van der Waals surface area (Å²) in [5.41, 5.74) is 1.06. The Bertz CT molecular complexity index is 1410. The number of nitrogens with one attached hydrogen (secondary N) is 1. The van der Waals surface area contributed by atoms with Gasteiger partial charge in [-0.25, -0.2) is 13.6 Å². The quantitative estimate of drug-likeness (QED) is 0.370. The van der Waals surface area contributed by atoms with Crippen molar-refractivity contribution < 1.29 is 32.7 Å². The highest BCUT2D eigenvalue weighted by Gasteiger charge is 2.39. The first-order valence-corrected chi connectivity index (χ1v) is 11.8. The summed E-state index contributed by atoms with van der Waals surface area (Å²) in [7, 11) is 1.16. The lowest BCUT2D eigenvalue weighted by atomic mass is 10.1. The molecule has 0 aliphatic carbocycles. The van der Waals surface area contributed by atoms with Crippen molar-refractivity contribution in [3.05, 3.63) is 70.1 Å². The van der Waals surface area contributed by atoms with Crippen LogP contribution in [0.15, 0.2) is 42.6 Å². The normalized spacial score (nSPS) is 17.2. The summed E-state index contributed by atoms with van der Waals surface area (Å²) >= 11 is 5.86. The van der Waals surface area contributed by atoms with Crippen molar-refractivity contribution in [3.63, 3.8) is 0 Å². The number of halogens is 3. The third-order valence-corrected chi connectivity index (χ3v) is 6.60. The number of rotatable bonds is 7. The molecule has 1 aromatic heterocycles. The number of aromatic nitrogens is 1. The van der Waals surface area contributed by atoms with Gasteiger partial charge < -0.3 is 19.5 Å². The van der Waals surface area contributed by atoms with Gasteiger partial charge in [-0.3, -0.25) is 14.4 Å². The van der Waals surface area contributed by atoms with E-state index < -0.39 is 35.8 Å². The van der Waals surface area contributed by atoms with Crippen molar-refractivity contribution in [2.24, 2.45) is 0 Å². The van der Waals surface area contributed by atoms with Crippen LogP contribution >= 0.6 is 11.6 Å². The Hall–Kier alpha value is -3.79.